The Bertz CT molecular complexity index is 762. The first-order chi connectivity index (χ1) is 12.9. The normalized spacial score (nSPS) is 22.1. The molecule has 0 spiro atoms. The van der Waals surface area contributed by atoms with Gasteiger partial charge in [0.25, 0.3) is 0 Å². The molecule has 2 aromatic carbocycles. The highest BCUT2D eigenvalue weighted by Gasteiger charge is 2.41. The zero-order valence-electron chi connectivity index (χ0n) is 17.0. The van der Waals surface area contributed by atoms with E-state index in [0.717, 1.165) is 43.7 Å². The van der Waals surface area contributed by atoms with Gasteiger partial charge in [0.2, 0.25) is 0 Å². The number of nitrogens with zero attached hydrogens (tertiary/aromatic N) is 1. The first-order valence-electron chi connectivity index (χ1n) is 9.78. The second kappa shape index (κ2) is 8.26. The lowest BCUT2D eigenvalue weighted by Crippen LogP contribution is -2.44. The van der Waals surface area contributed by atoms with Gasteiger partial charge in [-0.2, -0.15) is 0 Å². The summed E-state index contributed by atoms with van der Waals surface area (Å²) in [4.78, 5) is 4.72. The first kappa shape index (κ1) is 19.6. The summed E-state index contributed by atoms with van der Waals surface area (Å²) < 4.78 is 11.2. The average molecular weight is 366 g/mol. The molecule has 1 heterocycles. The number of hydrogen-bond acceptors (Lipinski definition) is 3. The van der Waals surface area contributed by atoms with E-state index in [0.29, 0.717) is 0 Å². The van der Waals surface area contributed by atoms with E-state index < -0.39 is 0 Å². The van der Waals surface area contributed by atoms with Gasteiger partial charge in [-0.25, -0.2) is 0 Å². The van der Waals surface area contributed by atoms with Crippen molar-refractivity contribution in [2.24, 2.45) is 4.99 Å². The van der Waals surface area contributed by atoms with Gasteiger partial charge in [0.15, 0.2) is 0 Å². The number of rotatable bonds is 6. The Morgan fingerprint density at radius 3 is 2.41 bits per heavy atom. The van der Waals surface area contributed by atoms with Crippen LogP contribution in [0.5, 0.6) is 5.75 Å². The van der Waals surface area contributed by atoms with Crippen molar-refractivity contribution < 1.29 is 9.47 Å². The predicted molar refractivity (Wildman–Crippen MR) is 112 cm³/mol. The third-order valence-corrected chi connectivity index (χ3v) is 5.58. The largest absolute Gasteiger partial charge is 0.497 e. The fourth-order valence-corrected chi connectivity index (χ4v) is 4.13. The molecule has 0 saturated carbocycles. The van der Waals surface area contributed by atoms with Gasteiger partial charge in [0.05, 0.1) is 12.7 Å². The van der Waals surface area contributed by atoms with E-state index in [-0.39, 0.29) is 11.0 Å². The molecule has 1 atom stereocenters. The van der Waals surface area contributed by atoms with Crippen LogP contribution in [0, 0.1) is 6.92 Å². The summed E-state index contributed by atoms with van der Waals surface area (Å²) in [5, 5.41) is 0. The quantitative estimate of drug-likeness (QED) is 0.647. The van der Waals surface area contributed by atoms with Crippen molar-refractivity contribution in [1.82, 2.24) is 0 Å². The molecule has 0 unspecified atom stereocenters. The number of hydrogen-bond donors (Lipinski definition) is 0. The zero-order valence-corrected chi connectivity index (χ0v) is 17.0. The van der Waals surface area contributed by atoms with Crippen molar-refractivity contribution in [2.75, 3.05) is 20.3 Å². The molecule has 1 aliphatic heterocycles. The minimum absolute atomic E-state index is 0.0944. The Labute approximate surface area is 163 Å². The second-order valence-electron chi connectivity index (χ2n) is 8.24. The lowest BCUT2D eigenvalue weighted by Gasteiger charge is -2.45. The molecule has 3 heteroatoms. The highest BCUT2D eigenvalue weighted by molar-refractivity contribution is 5.79. The maximum absolute atomic E-state index is 6.01. The zero-order chi connectivity index (χ0) is 19.3. The van der Waals surface area contributed by atoms with E-state index in [1.807, 2.05) is 30.5 Å². The minimum atomic E-state index is -0.0944. The number of ether oxygens (including phenoxy) is 2. The van der Waals surface area contributed by atoms with Gasteiger partial charge >= 0.3 is 0 Å². The Kier molecular flexibility index (Phi) is 6.01. The average Bonchev–Trinajstić information content (AvgIpc) is 2.65. The number of aryl methyl sites for hydroxylation is 1. The van der Waals surface area contributed by atoms with Gasteiger partial charge in [0.1, 0.15) is 5.75 Å². The number of benzene rings is 2. The predicted octanol–water partition coefficient (Wildman–Crippen LogP) is 5.34. The lowest BCUT2D eigenvalue weighted by atomic mass is 9.67. The van der Waals surface area contributed by atoms with Crippen LogP contribution in [-0.4, -0.2) is 32.1 Å². The molecule has 0 radical (unpaired) electrons. The topological polar surface area (TPSA) is 30.8 Å². The van der Waals surface area contributed by atoms with Crippen molar-refractivity contribution in [1.29, 1.82) is 0 Å². The van der Waals surface area contributed by atoms with Gasteiger partial charge in [-0.05, 0) is 75.4 Å². The molecule has 1 saturated heterocycles. The minimum Gasteiger partial charge on any atom is -0.497 e. The standard InChI is InChI=1S/C24H31NO2/c1-19-5-9-21(10-6-19)24(14-16-27-23(2,3)18-24)13-15-25-17-20-7-11-22(26-4)12-8-20/h5-12,17H,13-16,18H2,1-4H3/t24-/m1/s1. The highest BCUT2D eigenvalue weighted by atomic mass is 16.5. The second-order valence-corrected chi connectivity index (χ2v) is 8.24. The number of methoxy groups -OCH3 is 1. The Morgan fingerprint density at radius 2 is 1.78 bits per heavy atom. The Hall–Kier alpha value is -2.13. The maximum Gasteiger partial charge on any atom is 0.118 e. The van der Waals surface area contributed by atoms with Crippen LogP contribution in [-0.2, 0) is 10.2 Å². The van der Waals surface area contributed by atoms with Crippen molar-refractivity contribution >= 4 is 6.21 Å². The van der Waals surface area contributed by atoms with E-state index in [1.54, 1.807) is 7.11 Å². The molecular formula is C24H31NO2. The molecule has 1 aliphatic rings. The molecule has 27 heavy (non-hydrogen) atoms. The van der Waals surface area contributed by atoms with E-state index in [4.69, 9.17) is 14.5 Å². The van der Waals surface area contributed by atoms with Crippen LogP contribution in [0.3, 0.4) is 0 Å². The van der Waals surface area contributed by atoms with E-state index in [2.05, 4.69) is 45.0 Å². The molecular weight excluding hydrogens is 334 g/mol. The van der Waals surface area contributed by atoms with Gasteiger partial charge in [0, 0.05) is 24.8 Å². The highest BCUT2D eigenvalue weighted by Crippen LogP contribution is 2.44. The van der Waals surface area contributed by atoms with Crippen LogP contribution in [0.4, 0.5) is 0 Å². The van der Waals surface area contributed by atoms with Gasteiger partial charge in [-0.1, -0.05) is 29.8 Å². The maximum atomic E-state index is 6.01. The van der Waals surface area contributed by atoms with E-state index in [9.17, 15) is 0 Å². The van der Waals surface area contributed by atoms with E-state index in [1.165, 1.54) is 11.1 Å². The molecule has 0 aromatic heterocycles. The molecule has 0 N–H and O–H groups in total. The van der Waals surface area contributed by atoms with Crippen LogP contribution in [0.1, 0.15) is 49.8 Å². The Morgan fingerprint density at radius 1 is 1.07 bits per heavy atom. The molecule has 0 amide bonds. The van der Waals surface area contributed by atoms with Gasteiger partial charge < -0.3 is 9.47 Å². The molecule has 0 aliphatic carbocycles. The summed E-state index contributed by atoms with van der Waals surface area (Å²) in [7, 11) is 1.68. The van der Waals surface area contributed by atoms with Crippen molar-refractivity contribution in [2.45, 2.75) is 51.0 Å². The summed E-state index contributed by atoms with van der Waals surface area (Å²) in [5.74, 6) is 0.870. The summed E-state index contributed by atoms with van der Waals surface area (Å²) in [6.45, 7) is 8.17. The monoisotopic (exact) mass is 365 g/mol. The summed E-state index contributed by atoms with van der Waals surface area (Å²) in [6.07, 6.45) is 5.08. The fourth-order valence-electron chi connectivity index (χ4n) is 4.13. The smallest absolute Gasteiger partial charge is 0.118 e. The van der Waals surface area contributed by atoms with Crippen LogP contribution in [0.2, 0.25) is 0 Å². The third-order valence-electron chi connectivity index (χ3n) is 5.58. The summed E-state index contributed by atoms with van der Waals surface area (Å²) in [5.41, 5.74) is 3.87. The molecule has 144 valence electrons. The SMILES string of the molecule is COc1ccc(C=NCC[C@@]2(c3ccc(C)cc3)CCOC(C)(C)C2)cc1. The third kappa shape index (κ3) is 4.98. The molecule has 0 bridgehead atoms. The van der Waals surface area contributed by atoms with Crippen LogP contribution in [0.15, 0.2) is 53.5 Å². The fraction of sp³-hybridized carbons (Fsp3) is 0.458. The summed E-state index contributed by atoms with van der Waals surface area (Å²) in [6, 6.07) is 17.0. The molecule has 3 rings (SSSR count). The lowest BCUT2D eigenvalue weighted by molar-refractivity contribution is -0.0836. The van der Waals surface area contributed by atoms with Crippen LogP contribution >= 0.6 is 0 Å². The summed E-state index contributed by atoms with van der Waals surface area (Å²) >= 11 is 0. The Balaban J connectivity index is 1.73. The van der Waals surface area contributed by atoms with Crippen LogP contribution in [0.25, 0.3) is 0 Å². The van der Waals surface area contributed by atoms with E-state index >= 15 is 0 Å². The molecule has 1 fully saturated rings. The van der Waals surface area contributed by atoms with Crippen molar-refractivity contribution in [3.8, 4) is 5.75 Å². The van der Waals surface area contributed by atoms with Crippen molar-refractivity contribution in [3.63, 3.8) is 0 Å². The van der Waals surface area contributed by atoms with Gasteiger partial charge in [-0.15, -0.1) is 0 Å². The van der Waals surface area contributed by atoms with Crippen molar-refractivity contribution in [3.05, 3.63) is 65.2 Å². The molecule has 3 nitrogen and oxygen atoms in total. The number of aliphatic imine (C=N–C) groups is 1. The molecule has 2 aromatic rings. The van der Waals surface area contributed by atoms with Crippen LogP contribution < -0.4 is 4.74 Å². The van der Waals surface area contributed by atoms with Gasteiger partial charge in [-0.3, -0.25) is 4.99 Å². The first-order valence-corrected chi connectivity index (χ1v) is 9.78.